The summed E-state index contributed by atoms with van der Waals surface area (Å²) in [7, 11) is -3.95. The number of halogens is 4. The average molecular weight is 597 g/mol. The fourth-order valence-electron chi connectivity index (χ4n) is 3.50. The van der Waals surface area contributed by atoms with Crippen molar-refractivity contribution in [2.75, 3.05) is 17.1 Å². The number of hydrogen-bond donors (Lipinski definition) is 1. The van der Waals surface area contributed by atoms with Crippen LogP contribution in [0.2, 0.25) is 20.1 Å². The monoisotopic (exact) mass is 595 g/mol. The number of rotatable bonds is 9. The Morgan fingerprint density at radius 1 is 1.00 bits per heavy atom. The predicted molar refractivity (Wildman–Crippen MR) is 148 cm³/mol. The van der Waals surface area contributed by atoms with Gasteiger partial charge in [-0.3, -0.25) is 13.9 Å². The van der Waals surface area contributed by atoms with Crippen LogP contribution < -0.4 is 9.62 Å². The Balaban J connectivity index is 2.56. The second-order valence-electron chi connectivity index (χ2n) is 9.25. The first-order chi connectivity index (χ1) is 16.5. The van der Waals surface area contributed by atoms with Crippen molar-refractivity contribution in [2.45, 2.75) is 52.2 Å². The summed E-state index contributed by atoms with van der Waals surface area (Å²) in [5.74, 6) is -1.03. The highest BCUT2D eigenvalue weighted by atomic mass is 35.5. The minimum atomic E-state index is -3.95. The molecular formula is C24H29Cl4N3O4S. The summed E-state index contributed by atoms with van der Waals surface area (Å²) in [6.07, 6.45) is 1.22. The van der Waals surface area contributed by atoms with Crippen LogP contribution in [0.5, 0.6) is 0 Å². The summed E-state index contributed by atoms with van der Waals surface area (Å²) in [5.41, 5.74) is -0.0388. The highest BCUT2D eigenvalue weighted by molar-refractivity contribution is 7.92. The zero-order chi connectivity index (χ0) is 27.4. The smallest absolute Gasteiger partial charge is 0.244 e. The number of carbonyl (C=O) groups excluding carboxylic acids is 2. The van der Waals surface area contributed by atoms with E-state index in [2.05, 4.69) is 5.32 Å². The van der Waals surface area contributed by atoms with Gasteiger partial charge in [-0.2, -0.15) is 0 Å². The van der Waals surface area contributed by atoms with E-state index < -0.39 is 40.0 Å². The molecule has 1 atom stereocenters. The van der Waals surface area contributed by atoms with E-state index in [9.17, 15) is 18.0 Å². The molecule has 0 fully saturated rings. The lowest BCUT2D eigenvalue weighted by Gasteiger charge is -2.35. The molecule has 2 aromatic rings. The summed E-state index contributed by atoms with van der Waals surface area (Å²) in [5, 5.41) is 3.87. The topological polar surface area (TPSA) is 86.8 Å². The summed E-state index contributed by atoms with van der Waals surface area (Å²) in [4.78, 5) is 28.2. The van der Waals surface area contributed by atoms with E-state index in [4.69, 9.17) is 46.4 Å². The molecule has 0 saturated heterocycles. The van der Waals surface area contributed by atoms with Crippen molar-refractivity contribution in [3.8, 4) is 0 Å². The van der Waals surface area contributed by atoms with Gasteiger partial charge in [0.1, 0.15) is 12.6 Å². The molecule has 0 aliphatic rings. The Labute approximate surface area is 232 Å². The van der Waals surface area contributed by atoms with Gasteiger partial charge in [0, 0.05) is 32.7 Å². The van der Waals surface area contributed by atoms with E-state index in [1.807, 2.05) is 20.8 Å². The van der Waals surface area contributed by atoms with E-state index in [1.165, 1.54) is 23.1 Å². The molecule has 12 heteroatoms. The van der Waals surface area contributed by atoms with Gasteiger partial charge in [-0.1, -0.05) is 59.4 Å². The van der Waals surface area contributed by atoms with Crippen LogP contribution in [-0.2, 0) is 26.2 Å². The van der Waals surface area contributed by atoms with E-state index >= 15 is 0 Å². The Hall–Kier alpha value is -1.71. The molecule has 0 aromatic heterocycles. The normalized spacial score (nSPS) is 12.7. The van der Waals surface area contributed by atoms with Crippen LogP contribution >= 0.6 is 46.4 Å². The van der Waals surface area contributed by atoms with Crippen LogP contribution in [0.1, 0.15) is 39.7 Å². The first-order valence-electron chi connectivity index (χ1n) is 11.0. The molecule has 198 valence electrons. The van der Waals surface area contributed by atoms with E-state index in [0.717, 1.165) is 10.6 Å². The Morgan fingerprint density at radius 3 is 2.06 bits per heavy atom. The molecule has 2 amide bonds. The van der Waals surface area contributed by atoms with Gasteiger partial charge in [0.05, 0.1) is 17.0 Å². The van der Waals surface area contributed by atoms with Crippen LogP contribution in [0.3, 0.4) is 0 Å². The van der Waals surface area contributed by atoms with Gasteiger partial charge in [-0.05, 0) is 57.5 Å². The van der Waals surface area contributed by atoms with E-state index in [1.54, 1.807) is 25.1 Å². The van der Waals surface area contributed by atoms with E-state index in [-0.39, 0.29) is 23.7 Å². The van der Waals surface area contributed by atoms with Crippen LogP contribution in [-0.4, -0.2) is 49.5 Å². The first-order valence-corrected chi connectivity index (χ1v) is 14.4. The molecule has 7 nitrogen and oxygen atoms in total. The number of benzene rings is 2. The molecular weight excluding hydrogens is 568 g/mol. The molecule has 0 saturated carbocycles. The van der Waals surface area contributed by atoms with E-state index in [0.29, 0.717) is 20.6 Å². The van der Waals surface area contributed by atoms with Crippen molar-refractivity contribution in [2.24, 2.45) is 0 Å². The number of hydrogen-bond acceptors (Lipinski definition) is 4. The number of amides is 2. The average Bonchev–Trinajstić information content (AvgIpc) is 2.72. The zero-order valence-corrected chi connectivity index (χ0v) is 24.5. The summed E-state index contributed by atoms with van der Waals surface area (Å²) >= 11 is 25.0. The zero-order valence-electron chi connectivity index (χ0n) is 20.6. The first kappa shape index (κ1) is 30.5. The predicted octanol–water partition coefficient (Wildman–Crippen LogP) is 5.79. The SMILES string of the molecule is CC[C@@H](C(=O)NC(C)(C)C)N(Cc1c(Cl)cccc1Cl)C(=O)CN(c1ccc(Cl)cc1Cl)S(C)(=O)=O. The van der Waals surface area contributed by atoms with Crippen molar-refractivity contribution < 1.29 is 18.0 Å². The minimum Gasteiger partial charge on any atom is -0.350 e. The Morgan fingerprint density at radius 2 is 1.58 bits per heavy atom. The van der Waals surface area contributed by atoms with Gasteiger partial charge in [0.25, 0.3) is 0 Å². The van der Waals surface area contributed by atoms with Crippen molar-refractivity contribution in [3.05, 3.63) is 62.1 Å². The molecule has 2 aromatic carbocycles. The Bertz CT molecular complexity index is 1210. The molecule has 0 unspecified atom stereocenters. The molecule has 2 rings (SSSR count). The van der Waals surface area contributed by atoms with Crippen LogP contribution in [0.4, 0.5) is 5.69 Å². The summed E-state index contributed by atoms with van der Waals surface area (Å²) < 4.78 is 26.3. The second-order valence-corrected chi connectivity index (χ2v) is 12.8. The van der Waals surface area contributed by atoms with Crippen molar-refractivity contribution in [3.63, 3.8) is 0 Å². The number of nitrogens with one attached hydrogen (secondary N) is 1. The third kappa shape index (κ3) is 8.15. The number of nitrogens with zero attached hydrogens (tertiary/aromatic N) is 2. The quantitative estimate of drug-likeness (QED) is 0.397. The summed E-state index contributed by atoms with van der Waals surface area (Å²) in [6, 6.07) is 8.25. The molecule has 1 N–H and O–H groups in total. The standard InChI is InChI=1S/C24H29Cl4N3O4S/c1-6-20(23(33)29-24(2,3)4)30(13-16-17(26)8-7-9-18(16)27)22(32)14-31(36(5,34)35)21-11-10-15(25)12-19(21)28/h7-12,20H,6,13-14H2,1-5H3,(H,29,33)/t20-/m0/s1. The maximum Gasteiger partial charge on any atom is 0.244 e. The largest absolute Gasteiger partial charge is 0.350 e. The Kier molecular flexibility index (Phi) is 10.4. The van der Waals surface area contributed by atoms with Crippen LogP contribution in [0, 0.1) is 0 Å². The molecule has 36 heavy (non-hydrogen) atoms. The third-order valence-electron chi connectivity index (χ3n) is 5.13. The molecule has 0 aliphatic carbocycles. The lowest BCUT2D eigenvalue weighted by molar-refractivity contribution is -0.141. The van der Waals surface area contributed by atoms with Gasteiger partial charge < -0.3 is 10.2 Å². The van der Waals surface area contributed by atoms with Crippen LogP contribution in [0.15, 0.2) is 36.4 Å². The third-order valence-corrected chi connectivity index (χ3v) is 7.50. The minimum absolute atomic E-state index is 0.0546. The van der Waals surface area contributed by atoms with Crippen molar-refractivity contribution in [1.82, 2.24) is 10.2 Å². The van der Waals surface area contributed by atoms with Crippen LogP contribution in [0.25, 0.3) is 0 Å². The molecule has 0 heterocycles. The lowest BCUT2D eigenvalue weighted by Crippen LogP contribution is -2.55. The molecule has 0 spiro atoms. The number of sulfonamides is 1. The number of anilines is 1. The second kappa shape index (κ2) is 12.2. The fraction of sp³-hybridized carbons (Fsp3) is 0.417. The van der Waals surface area contributed by atoms with Gasteiger partial charge in [-0.15, -0.1) is 0 Å². The maximum atomic E-state index is 13.7. The fourth-order valence-corrected chi connectivity index (χ4v) is 5.44. The van der Waals surface area contributed by atoms with Gasteiger partial charge in [-0.25, -0.2) is 8.42 Å². The lowest BCUT2D eigenvalue weighted by atomic mass is 10.1. The van der Waals surface area contributed by atoms with Crippen molar-refractivity contribution >= 4 is 73.9 Å². The van der Waals surface area contributed by atoms with Crippen molar-refractivity contribution in [1.29, 1.82) is 0 Å². The highest BCUT2D eigenvalue weighted by Crippen LogP contribution is 2.31. The molecule has 0 aliphatic heterocycles. The maximum absolute atomic E-state index is 13.7. The van der Waals surface area contributed by atoms with Gasteiger partial charge in [0.15, 0.2) is 0 Å². The molecule has 0 radical (unpaired) electrons. The summed E-state index contributed by atoms with van der Waals surface area (Å²) in [6.45, 7) is 6.50. The van der Waals surface area contributed by atoms with Gasteiger partial charge >= 0.3 is 0 Å². The number of carbonyl (C=O) groups is 2. The van der Waals surface area contributed by atoms with Gasteiger partial charge in [0.2, 0.25) is 21.8 Å². The molecule has 0 bridgehead atoms. The highest BCUT2D eigenvalue weighted by Gasteiger charge is 2.34.